The van der Waals surface area contributed by atoms with Crippen LogP contribution in [0.5, 0.6) is 0 Å². The van der Waals surface area contributed by atoms with E-state index in [0.29, 0.717) is 19.3 Å². The normalized spacial score (nSPS) is 22.0. The molecule has 0 atom stereocenters. The second-order valence-electron chi connectivity index (χ2n) is 5.64. The molecule has 1 fully saturated rings. The van der Waals surface area contributed by atoms with Gasteiger partial charge in [0.15, 0.2) is 0 Å². The van der Waals surface area contributed by atoms with Crippen molar-refractivity contribution in [1.82, 2.24) is 4.31 Å². The molecule has 2 heterocycles. The summed E-state index contributed by atoms with van der Waals surface area (Å²) >= 11 is 5.75. The van der Waals surface area contributed by atoms with E-state index in [2.05, 4.69) is 0 Å². The van der Waals surface area contributed by atoms with E-state index in [0.717, 1.165) is 12.0 Å². The smallest absolute Gasteiger partial charge is 0.313 e. The van der Waals surface area contributed by atoms with Gasteiger partial charge < -0.3 is 9.52 Å². The summed E-state index contributed by atoms with van der Waals surface area (Å²) in [5, 5.41) is 9.29. The molecule has 0 unspecified atom stereocenters. The minimum Gasteiger partial charge on any atom is -0.481 e. The van der Waals surface area contributed by atoms with E-state index in [4.69, 9.17) is 16.0 Å². The fourth-order valence-electron chi connectivity index (χ4n) is 3.11. The van der Waals surface area contributed by atoms with Crippen molar-refractivity contribution < 1.29 is 22.7 Å². The van der Waals surface area contributed by atoms with Gasteiger partial charge in [-0.25, -0.2) is 8.42 Å². The van der Waals surface area contributed by atoms with Gasteiger partial charge in [0.1, 0.15) is 4.90 Å². The number of nitrogens with zero attached hydrogens (tertiary/aromatic N) is 1. The standard InChI is InChI=1S/C14H16ClNO5S/c15-12-11(4-9-21-12)22(19,20)16-7-2-10(3-8-16)14(13(17)18)5-1-6-14/h2,4,9H,1,3,5-8H2,(H,17,18). The van der Waals surface area contributed by atoms with Gasteiger partial charge in [-0.1, -0.05) is 18.1 Å². The summed E-state index contributed by atoms with van der Waals surface area (Å²) in [6, 6.07) is 1.32. The van der Waals surface area contributed by atoms with Crippen LogP contribution in [0.25, 0.3) is 0 Å². The molecule has 0 bridgehead atoms. The zero-order valence-electron chi connectivity index (χ0n) is 11.8. The first-order chi connectivity index (χ1) is 10.4. The molecule has 0 saturated heterocycles. The average molecular weight is 346 g/mol. The lowest BCUT2D eigenvalue weighted by Crippen LogP contribution is -2.44. The molecule has 120 valence electrons. The Balaban J connectivity index is 1.82. The monoisotopic (exact) mass is 345 g/mol. The molecule has 0 amide bonds. The molecule has 2 aliphatic rings. The maximum atomic E-state index is 12.5. The minimum absolute atomic E-state index is 0.0531. The lowest BCUT2D eigenvalue weighted by molar-refractivity contribution is -0.151. The molecule has 1 aromatic heterocycles. The van der Waals surface area contributed by atoms with E-state index in [1.54, 1.807) is 6.08 Å². The predicted molar refractivity (Wildman–Crippen MR) is 79.1 cm³/mol. The van der Waals surface area contributed by atoms with Crippen molar-refractivity contribution in [2.45, 2.75) is 30.6 Å². The maximum absolute atomic E-state index is 12.5. The molecule has 22 heavy (non-hydrogen) atoms. The number of carboxylic acid groups (broad SMARTS) is 1. The molecular formula is C14H16ClNO5S. The van der Waals surface area contributed by atoms with Crippen LogP contribution >= 0.6 is 11.6 Å². The van der Waals surface area contributed by atoms with Crippen LogP contribution in [0.15, 0.2) is 33.3 Å². The highest BCUT2D eigenvalue weighted by molar-refractivity contribution is 7.89. The lowest BCUT2D eigenvalue weighted by Gasteiger charge is -2.42. The zero-order valence-corrected chi connectivity index (χ0v) is 13.4. The summed E-state index contributed by atoms with van der Waals surface area (Å²) in [4.78, 5) is 11.5. The molecule has 0 aromatic carbocycles. The van der Waals surface area contributed by atoms with Gasteiger partial charge >= 0.3 is 5.97 Å². The van der Waals surface area contributed by atoms with Gasteiger partial charge in [-0.05, 0) is 36.9 Å². The van der Waals surface area contributed by atoms with Crippen molar-refractivity contribution in [3.63, 3.8) is 0 Å². The number of furan rings is 1. The van der Waals surface area contributed by atoms with Crippen molar-refractivity contribution in [2.75, 3.05) is 13.1 Å². The number of carbonyl (C=O) groups is 1. The maximum Gasteiger partial charge on any atom is 0.313 e. The van der Waals surface area contributed by atoms with Crippen molar-refractivity contribution in [3.8, 4) is 0 Å². The van der Waals surface area contributed by atoms with E-state index in [1.807, 2.05) is 0 Å². The Morgan fingerprint density at radius 2 is 2.14 bits per heavy atom. The fraction of sp³-hybridized carbons (Fsp3) is 0.500. The number of aliphatic carboxylic acids is 1. The first-order valence-corrected chi connectivity index (χ1v) is 8.86. The minimum atomic E-state index is -3.71. The summed E-state index contributed by atoms with van der Waals surface area (Å²) < 4.78 is 31.1. The Morgan fingerprint density at radius 1 is 1.41 bits per heavy atom. The van der Waals surface area contributed by atoms with Crippen LogP contribution in [-0.2, 0) is 14.8 Å². The Kier molecular flexibility index (Phi) is 3.82. The van der Waals surface area contributed by atoms with E-state index in [9.17, 15) is 18.3 Å². The molecule has 1 saturated carbocycles. The summed E-state index contributed by atoms with van der Waals surface area (Å²) in [5.41, 5.74) is 0.0688. The highest BCUT2D eigenvalue weighted by Gasteiger charge is 2.48. The summed E-state index contributed by atoms with van der Waals surface area (Å²) in [7, 11) is -3.71. The molecule has 6 nitrogen and oxygen atoms in total. The van der Waals surface area contributed by atoms with Gasteiger partial charge in [-0.3, -0.25) is 4.79 Å². The summed E-state index contributed by atoms with van der Waals surface area (Å²) in [5.74, 6) is -0.806. The molecule has 0 spiro atoms. The molecule has 1 aromatic rings. The lowest BCUT2D eigenvalue weighted by atomic mass is 9.63. The van der Waals surface area contributed by atoms with Crippen LogP contribution in [0.4, 0.5) is 0 Å². The SMILES string of the molecule is O=C(O)C1(C2=CCN(S(=O)(=O)c3ccoc3Cl)CC2)CCC1. The van der Waals surface area contributed by atoms with Crippen molar-refractivity contribution in [3.05, 3.63) is 29.2 Å². The van der Waals surface area contributed by atoms with Gasteiger partial charge in [0.2, 0.25) is 15.2 Å². The van der Waals surface area contributed by atoms with Crippen LogP contribution in [0, 0.1) is 5.41 Å². The van der Waals surface area contributed by atoms with E-state index in [1.165, 1.54) is 16.6 Å². The molecule has 1 N–H and O–H groups in total. The molecule has 0 radical (unpaired) electrons. The Hall–Kier alpha value is -1.31. The van der Waals surface area contributed by atoms with Crippen molar-refractivity contribution in [1.29, 1.82) is 0 Å². The number of rotatable bonds is 4. The first kappa shape index (κ1) is 15.6. The van der Waals surface area contributed by atoms with E-state index < -0.39 is 21.4 Å². The van der Waals surface area contributed by atoms with Crippen LogP contribution < -0.4 is 0 Å². The van der Waals surface area contributed by atoms with Crippen molar-refractivity contribution in [2.24, 2.45) is 5.41 Å². The van der Waals surface area contributed by atoms with Gasteiger partial charge in [-0.15, -0.1) is 0 Å². The van der Waals surface area contributed by atoms with E-state index in [-0.39, 0.29) is 23.2 Å². The van der Waals surface area contributed by atoms with Crippen LogP contribution in [0.2, 0.25) is 5.22 Å². The van der Waals surface area contributed by atoms with E-state index >= 15 is 0 Å². The van der Waals surface area contributed by atoms with Gasteiger partial charge in [0.05, 0.1) is 11.7 Å². The molecule has 1 aliphatic heterocycles. The Bertz CT molecular complexity index is 732. The highest BCUT2D eigenvalue weighted by atomic mass is 35.5. The zero-order chi connectivity index (χ0) is 16.0. The second kappa shape index (κ2) is 5.40. The number of hydrogen-bond acceptors (Lipinski definition) is 4. The highest BCUT2D eigenvalue weighted by Crippen LogP contribution is 2.49. The van der Waals surface area contributed by atoms with Crippen LogP contribution in [0.1, 0.15) is 25.7 Å². The number of sulfonamides is 1. The first-order valence-electron chi connectivity index (χ1n) is 7.04. The Labute approximate surface area is 133 Å². The Morgan fingerprint density at radius 3 is 2.55 bits per heavy atom. The predicted octanol–water partition coefficient (Wildman–Crippen LogP) is 2.51. The van der Waals surface area contributed by atoms with Crippen LogP contribution in [-0.4, -0.2) is 36.9 Å². The molecule has 1 aliphatic carbocycles. The third kappa shape index (κ3) is 2.28. The van der Waals surface area contributed by atoms with Gasteiger partial charge in [0, 0.05) is 13.1 Å². The largest absolute Gasteiger partial charge is 0.481 e. The fourth-order valence-corrected chi connectivity index (χ4v) is 4.88. The quantitative estimate of drug-likeness (QED) is 0.847. The third-order valence-electron chi connectivity index (χ3n) is 4.61. The summed E-state index contributed by atoms with van der Waals surface area (Å²) in [6.45, 7) is 0.416. The van der Waals surface area contributed by atoms with Crippen LogP contribution in [0.3, 0.4) is 0 Å². The van der Waals surface area contributed by atoms with Gasteiger partial charge in [0.25, 0.3) is 0 Å². The number of halogens is 1. The number of carboxylic acids is 1. The number of hydrogen-bond donors (Lipinski definition) is 1. The summed E-state index contributed by atoms with van der Waals surface area (Å²) in [6.07, 6.45) is 5.57. The average Bonchev–Trinajstić information content (AvgIpc) is 2.84. The molecular weight excluding hydrogens is 330 g/mol. The molecule has 3 rings (SSSR count). The van der Waals surface area contributed by atoms with Gasteiger partial charge in [-0.2, -0.15) is 4.31 Å². The third-order valence-corrected chi connectivity index (χ3v) is 6.90. The molecule has 8 heteroatoms. The topological polar surface area (TPSA) is 87.8 Å². The second-order valence-corrected chi connectivity index (χ2v) is 7.89. The van der Waals surface area contributed by atoms with Crippen molar-refractivity contribution >= 4 is 27.6 Å².